The average molecular weight is 457 g/mol. The van der Waals surface area contributed by atoms with Crippen molar-refractivity contribution in [3.8, 4) is 5.75 Å². The summed E-state index contributed by atoms with van der Waals surface area (Å²) in [6.07, 6.45) is -4.57. The highest BCUT2D eigenvalue weighted by Crippen LogP contribution is 2.34. The van der Waals surface area contributed by atoms with Crippen LogP contribution in [-0.2, 0) is 4.79 Å². The minimum Gasteiger partial charge on any atom is -0.479 e. The molecule has 1 heterocycles. The lowest BCUT2D eigenvalue weighted by atomic mass is 10.1. The normalized spacial score (nSPS) is 12.5. The van der Waals surface area contributed by atoms with Crippen LogP contribution in [0.25, 0.3) is 10.9 Å². The monoisotopic (exact) mass is 456 g/mol. The number of benzene rings is 2. The quantitative estimate of drug-likeness (QED) is 0.515. The van der Waals surface area contributed by atoms with Crippen LogP contribution >= 0.6 is 11.6 Å². The van der Waals surface area contributed by atoms with Crippen molar-refractivity contribution in [2.75, 3.05) is 11.9 Å². The van der Waals surface area contributed by atoms with Crippen molar-refractivity contribution in [2.45, 2.75) is 26.1 Å². The number of nitrogens with zero attached hydrogens (tertiary/aromatic N) is 2. The van der Waals surface area contributed by atoms with Crippen molar-refractivity contribution >= 4 is 39.9 Å². The van der Waals surface area contributed by atoms with E-state index in [9.17, 15) is 22.4 Å². The van der Waals surface area contributed by atoms with Crippen LogP contribution in [0.15, 0.2) is 36.7 Å². The van der Waals surface area contributed by atoms with Crippen molar-refractivity contribution < 1.29 is 27.1 Å². The summed E-state index contributed by atoms with van der Waals surface area (Å²) in [5.41, 5.74) is 1.70. The van der Waals surface area contributed by atoms with E-state index >= 15 is 0 Å². The number of hydrogen-bond donors (Lipinski definition) is 2. The fourth-order valence-corrected chi connectivity index (χ4v) is 3.13. The molecule has 3 aromatic rings. The molecule has 0 saturated heterocycles. The van der Waals surface area contributed by atoms with Gasteiger partial charge in [0.2, 0.25) is 0 Å². The Hall–Kier alpha value is -3.14. The van der Waals surface area contributed by atoms with E-state index in [2.05, 4.69) is 15.3 Å². The molecule has 0 fully saturated rings. The van der Waals surface area contributed by atoms with Crippen LogP contribution < -0.4 is 15.4 Å². The number of alkyl halides is 3. The molecular formula is C20H17ClF4N4O2. The Morgan fingerprint density at radius 3 is 2.68 bits per heavy atom. The molecule has 0 aliphatic rings. The number of aromatic nitrogens is 2. The standard InChI is InChI=1S/C20H17ClF4N4O2/c1-10-5-13(21)17-15(6-10)27-9-28-18(17)29-14-4-3-12(22)7-16(14)31-11(2)19(30)26-8-20(23,24)25/h3-7,9,11H,8H2,1-2H3,(H,26,30)(H,27,28,29). The van der Waals surface area contributed by atoms with Crippen molar-refractivity contribution in [1.82, 2.24) is 15.3 Å². The lowest BCUT2D eigenvalue weighted by molar-refractivity contribution is -0.142. The topological polar surface area (TPSA) is 76.1 Å². The number of carbonyl (C=O) groups excluding carboxylic acids is 1. The number of hydrogen-bond acceptors (Lipinski definition) is 5. The maximum atomic E-state index is 13.8. The maximum absolute atomic E-state index is 13.8. The molecular weight excluding hydrogens is 440 g/mol. The van der Waals surface area contributed by atoms with Crippen molar-refractivity contribution in [3.05, 3.63) is 53.1 Å². The predicted octanol–water partition coefficient (Wildman–Crippen LogP) is 4.92. The molecule has 0 aliphatic carbocycles. The first kappa shape index (κ1) is 22.5. The lowest BCUT2D eigenvalue weighted by Crippen LogP contribution is -2.41. The number of halogens is 5. The lowest BCUT2D eigenvalue weighted by Gasteiger charge is -2.19. The second-order valence-corrected chi connectivity index (χ2v) is 7.13. The second-order valence-electron chi connectivity index (χ2n) is 6.72. The number of fused-ring (bicyclic) bond motifs is 1. The van der Waals surface area contributed by atoms with Crippen LogP contribution in [0.3, 0.4) is 0 Å². The van der Waals surface area contributed by atoms with E-state index in [4.69, 9.17) is 16.3 Å². The summed E-state index contributed by atoms with van der Waals surface area (Å²) in [5.74, 6) is -1.45. The van der Waals surface area contributed by atoms with Gasteiger partial charge in [-0.05, 0) is 43.7 Å². The van der Waals surface area contributed by atoms with Crippen LogP contribution in [0.5, 0.6) is 5.75 Å². The highest BCUT2D eigenvalue weighted by atomic mass is 35.5. The van der Waals surface area contributed by atoms with Gasteiger partial charge in [0, 0.05) is 6.07 Å². The number of rotatable bonds is 6. The Morgan fingerprint density at radius 2 is 1.97 bits per heavy atom. The van der Waals surface area contributed by atoms with Crippen LogP contribution in [-0.4, -0.2) is 34.7 Å². The smallest absolute Gasteiger partial charge is 0.405 e. The Morgan fingerprint density at radius 1 is 1.23 bits per heavy atom. The van der Waals surface area contributed by atoms with Gasteiger partial charge >= 0.3 is 6.18 Å². The minimum atomic E-state index is -4.56. The van der Waals surface area contributed by atoms with E-state index < -0.39 is 30.5 Å². The van der Waals surface area contributed by atoms with Crippen LogP contribution in [0, 0.1) is 12.7 Å². The van der Waals surface area contributed by atoms with Crippen molar-refractivity contribution in [2.24, 2.45) is 0 Å². The van der Waals surface area contributed by atoms with Gasteiger partial charge in [0.25, 0.3) is 5.91 Å². The third-order valence-electron chi connectivity index (χ3n) is 4.17. The number of aryl methyl sites for hydroxylation is 1. The second kappa shape index (κ2) is 8.93. The van der Waals surface area contributed by atoms with Gasteiger partial charge in [-0.15, -0.1) is 0 Å². The number of nitrogens with one attached hydrogen (secondary N) is 2. The number of anilines is 2. The van der Waals surface area contributed by atoms with Crippen molar-refractivity contribution in [3.63, 3.8) is 0 Å². The first-order chi connectivity index (χ1) is 14.5. The molecule has 1 amide bonds. The molecule has 0 saturated carbocycles. The molecule has 11 heteroatoms. The summed E-state index contributed by atoms with van der Waals surface area (Å²) in [5, 5.41) is 5.59. The maximum Gasteiger partial charge on any atom is 0.405 e. The van der Waals surface area contributed by atoms with Gasteiger partial charge in [-0.2, -0.15) is 13.2 Å². The molecule has 0 spiro atoms. The van der Waals surface area contributed by atoms with Gasteiger partial charge in [-0.3, -0.25) is 4.79 Å². The fourth-order valence-electron chi connectivity index (χ4n) is 2.77. The van der Waals surface area contributed by atoms with E-state index in [1.54, 1.807) is 11.4 Å². The minimum absolute atomic E-state index is 0.0929. The van der Waals surface area contributed by atoms with Crippen LogP contribution in [0.4, 0.5) is 29.1 Å². The van der Waals surface area contributed by atoms with E-state index in [-0.39, 0.29) is 11.4 Å². The summed E-state index contributed by atoms with van der Waals surface area (Å²) >= 11 is 6.34. The van der Waals surface area contributed by atoms with Crippen molar-refractivity contribution in [1.29, 1.82) is 0 Å². The number of amides is 1. The van der Waals surface area contributed by atoms with Gasteiger partial charge in [0.05, 0.1) is 21.6 Å². The Labute approximate surface area is 179 Å². The summed E-state index contributed by atoms with van der Waals surface area (Å²) in [6.45, 7) is 1.61. The SMILES string of the molecule is Cc1cc(Cl)c2c(Nc3ccc(F)cc3OC(C)C(=O)NCC(F)(F)F)ncnc2c1. The molecule has 164 valence electrons. The summed E-state index contributed by atoms with van der Waals surface area (Å²) < 4.78 is 56.2. The summed E-state index contributed by atoms with van der Waals surface area (Å²) in [7, 11) is 0. The van der Waals surface area contributed by atoms with E-state index in [1.165, 1.54) is 19.3 Å². The Kier molecular flexibility index (Phi) is 6.49. The molecule has 0 radical (unpaired) electrons. The van der Waals surface area contributed by atoms with Crippen LogP contribution in [0.1, 0.15) is 12.5 Å². The first-order valence-electron chi connectivity index (χ1n) is 9.02. The van der Waals surface area contributed by atoms with Gasteiger partial charge in [0.15, 0.2) is 6.10 Å². The third-order valence-corrected chi connectivity index (χ3v) is 4.47. The number of carbonyl (C=O) groups is 1. The molecule has 6 nitrogen and oxygen atoms in total. The van der Waals surface area contributed by atoms with Gasteiger partial charge in [-0.25, -0.2) is 14.4 Å². The van der Waals surface area contributed by atoms with E-state index in [0.717, 1.165) is 17.7 Å². The van der Waals surface area contributed by atoms with E-state index in [1.807, 2.05) is 13.0 Å². The molecule has 0 aliphatic heterocycles. The third kappa shape index (κ3) is 5.72. The number of ether oxygens (including phenoxy) is 1. The highest BCUT2D eigenvalue weighted by molar-refractivity contribution is 6.36. The zero-order valence-corrected chi connectivity index (χ0v) is 17.1. The molecule has 31 heavy (non-hydrogen) atoms. The highest BCUT2D eigenvalue weighted by Gasteiger charge is 2.29. The van der Waals surface area contributed by atoms with Gasteiger partial charge in [0.1, 0.15) is 30.3 Å². The van der Waals surface area contributed by atoms with Gasteiger partial charge < -0.3 is 15.4 Å². The van der Waals surface area contributed by atoms with Gasteiger partial charge in [-0.1, -0.05) is 11.6 Å². The Balaban J connectivity index is 1.88. The fraction of sp³-hybridized carbons (Fsp3) is 0.250. The van der Waals surface area contributed by atoms with E-state index in [0.29, 0.717) is 21.7 Å². The molecule has 1 unspecified atom stereocenters. The summed E-state index contributed by atoms with van der Waals surface area (Å²) in [6, 6.07) is 7.04. The average Bonchev–Trinajstić information content (AvgIpc) is 2.67. The molecule has 1 aromatic heterocycles. The molecule has 2 N–H and O–H groups in total. The largest absolute Gasteiger partial charge is 0.479 e. The first-order valence-corrected chi connectivity index (χ1v) is 9.40. The zero-order chi connectivity index (χ0) is 22.8. The molecule has 2 aromatic carbocycles. The molecule has 3 rings (SSSR count). The molecule has 1 atom stereocenters. The summed E-state index contributed by atoms with van der Waals surface area (Å²) in [4.78, 5) is 20.3. The molecule has 0 bridgehead atoms. The zero-order valence-electron chi connectivity index (χ0n) is 16.3. The predicted molar refractivity (Wildman–Crippen MR) is 108 cm³/mol. The Bertz CT molecular complexity index is 1120. The van der Waals surface area contributed by atoms with Crippen LogP contribution in [0.2, 0.25) is 5.02 Å².